The van der Waals surface area contributed by atoms with Crippen LogP contribution in [-0.2, 0) is 4.74 Å². The molecule has 1 amide bonds. The van der Waals surface area contributed by atoms with Crippen LogP contribution in [0.5, 0.6) is 0 Å². The number of hydrogen-bond donors (Lipinski definition) is 0. The van der Waals surface area contributed by atoms with E-state index in [4.69, 9.17) is 9.26 Å². The van der Waals surface area contributed by atoms with E-state index >= 15 is 0 Å². The zero-order valence-electron chi connectivity index (χ0n) is 9.82. The SMILES string of the molecule is Cc1cc(C(=O)N2CCOC(C)(C)C2)on1. The average Bonchev–Trinajstić information content (AvgIpc) is 2.62. The maximum absolute atomic E-state index is 12.0. The molecule has 0 spiro atoms. The van der Waals surface area contributed by atoms with Gasteiger partial charge in [-0.15, -0.1) is 0 Å². The predicted octanol–water partition coefficient (Wildman–Crippen LogP) is 1.23. The highest BCUT2D eigenvalue weighted by atomic mass is 16.5. The van der Waals surface area contributed by atoms with Crippen LogP contribution in [0.4, 0.5) is 0 Å². The maximum Gasteiger partial charge on any atom is 0.292 e. The molecule has 1 aliphatic heterocycles. The molecule has 0 N–H and O–H groups in total. The van der Waals surface area contributed by atoms with E-state index in [0.717, 1.165) is 5.69 Å². The van der Waals surface area contributed by atoms with Gasteiger partial charge in [-0.25, -0.2) is 0 Å². The monoisotopic (exact) mass is 224 g/mol. The van der Waals surface area contributed by atoms with Crippen LogP contribution in [0.1, 0.15) is 30.1 Å². The first-order valence-corrected chi connectivity index (χ1v) is 5.34. The summed E-state index contributed by atoms with van der Waals surface area (Å²) in [5.74, 6) is 0.187. The van der Waals surface area contributed by atoms with Crippen molar-refractivity contribution in [1.29, 1.82) is 0 Å². The van der Waals surface area contributed by atoms with E-state index in [1.165, 1.54) is 0 Å². The summed E-state index contributed by atoms with van der Waals surface area (Å²) in [6.45, 7) is 7.47. The Morgan fingerprint density at radius 1 is 1.56 bits per heavy atom. The lowest BCUT2D eigenvalue weighted by Gasteiger charge is -2.37. The van der Waals surface area contributed by atoms with Crippen molar-refractivity contribution in [3.63, 3.8) is 0 Å². The lowest BCUT2D eigenvalue weighted by atomic mass is 10.1. The molecule has 1 saturated heterocycles. The molecule has 5 nitrogen and oxygen atoms in total. The van der Waals surface area contributed by atoms with Gasteiger partial charge in [0.25, 0.3) is 5.91 Å². The molecule has 2 heterocycles. The van der Waals surface area contributed by atoms with Crippen molar-refractivity contribution >= 4 is 5.91 Å². The molecule has 1 aromatic heterocycles. The van der Waals surface area contributed by atoms with Crippen molar-refractivity contribution in [3.8, 4) is 0 Å². The van der Waals surface area contributed by atoms with E-state index in [9.17, 15) is 4.79 Å². The minimum absolute atomic E-state index is 0.114. The predicted molar refractivity (Wildman–Crippen MR) is 57.2 cm³/mol. The first-order chi connectivity index (χ1) is 7.48. The first-order valence-electron chi connectivity index (χ1n) is 5.34. The summed E-state index contributed by atoms with van der Waals surface area (Å²) in [6, 6.07) is 1.66. The smallest absolute Gasteiger partial charge is 0.292 e. The van der Waals surface area contributed by atoms with Gasteiger partial charge in [-0.05, 0) is 20.8 Å². The summed E-state index contributed by atoms with van der Waals surface area (Å²) in [5, 5.41) is 3.72. The molecule has 0 aromatic carbocycles. The Bertz CT molecular complexity index is 398. The minimum Gasteiger partial charge on any atom is -0.372 e. The lowest BCUT2D eigenvalue weighted by molar-refractivity contribution is -0.0770. The Hall–Kier alpha value is -1.36. The largest absolute Gasteiger partial charge is 0.372 e. The number of nitrogens with zero attached hydrogens (tertiary/aromatic N) is 2. The van der Waals surface area contributed by atoms with Gasteiger partial charge in [0.2, 0.25) is 5.76 Å². The van der Waals surface area contributed by atoms with E-state index < -0.39 is 0 Å². The summed E-state index contributed by atoms with van der Waals surface area (Å²) in [7, 11) is 0. The number of carbonyl (C=O) groups excluding carboxylic acids is 1. The zero-order chi connectivity index (χ0) is 11.8. The third-order valence-electron chi connectivity index (χ3n) is 2.55. The van der Waals surface area contributed by atoms with Gasteiger partial charge in [0.15, 0.2) is 0 Å². The van der Waals surface area contributed by atoms with Crippen LogP contribution in [0.25, 0.3) is 0 Å². The van der Waals surface area contributed by atoms with E-state index in [-0.39, 0.29) is 11.5 Å². The van der Waals surface area contributed by atoms with E-state index in [2.05, 4.69) is 5.16 Å². The molecule has 0 aliphatic carbocycles. The summed E-state index contributed by atoms with van der Waals surface area (Å²) in [6.07, 6.45) is 0. The van der Waals surface area contributed by atoms with Crippen LogP contribution in [-0.4, -0.2) is 41.3 Å². The van der Waals surface area contributed by atoms with Crippen LogP contribution < -0.4 is 0 Å². The van der Waals surface area contributed by atoms with Gasteiger partial charge in [-0.3, -0.25) is 4.79 Å². The number of aromatic nitrogens is 1. The van der Waals surface area contributed by atoms with Crippen molar-refractivity contribution in [2.75, 3.05) is 19.7 Å². The lowest BCUT2D eigenvalue weighted by Crippen LogP contribution is -2.50. The van der Waals surface area contributed by atoms with Gasteiger partial charge in [-0.1, -0.05) is 5.16 Å². The topological polar surface area (TPSA) is 55.6 Å². The fraction of sp³-hybridized carbons (Fsp3) is 0.636. The fourth-order valence-corrected chi connectivity index (χ4v) is 1.81. The van der Waals surface area contributed by atoms with Gasteiger partial charge in [0.1, 0.15) is 0 Å². The highest BCUT2D eigenvalue weighted by Gasteiger charge is 2.31. The Morgan fingerprint density at radius 2 is 2.31 bits per heavy atom. The van der Waals surface area contributed by atoms with Gasteiger partial charge >= 0.3 is 0 Å². The van der Waals surface area contributed by atoms with Crippen LogP contribution in [0.3, 0.4) is 0 Å². The number of carbonyl (C=O) groups is 1. The van der Waals surface area contributed by atoms with Crippen molar-refractivity contribution in [1.82, 2.24) is 10.1 Å². The summed E-state index contributed by atoms with van der Waals surface area (Å²) >= 11 is 0. The normalized spacial score (nSPS) is 19.8. The van der Waals surface area contributed by atoms with Crippen molar-refractivity contribution < 1.29 is 14.1 Å². The minimum atomic E-state index is -0.289. The number of ether oxygens (including phenoxy) is 1. The molecule has 1 aliphatic rings. The van der Waals surface area contributed by atoms with Gasteiger partial charge in [0.05, 0.1) is 17.9 Å². The number of rotatable bonds is 1. The Kier molecular flexibility index (Phi) is 2.71. The van der Waals surface area contributed by atoms with Crippen LogP contribution in [0.2, 0.25) is 0 Å². The molecular formula is C11H16N2O3. The van der Waals surface area contributed by atoms with Gasteiger partial charge < -0.3 is 14.2 Å². The third kappa shape index (κ3) is 2.24. The Labute approximate surface area is 94.3 Å². The third-order valence-corrected chi connectivity index (χ3v) is 2.55. The summed E-state index contributed by atoms with van der Waals surface area (Å²) in [4.78, 5) is 13.8. The zero-order valence-corrected chi connectivity index (χ0v) is 9.82. The fourth-order valence-electron chi connectivity index (χ4n) is 1.81. The standard InChI is InChI=1S/C11H16N2O3/c1-8-6-9(16-12-8)10(14)13-4-5-15-11(2,3)7-13/h6H,4-5,7H2,1-3H3. The Morgan fingerprint density at radius 3 is 2.88 bits per heavy atom. The molecule has 0 saturated carbocycles. The molecule has 1 aromatic rings. The summed E-state index contributed by atoms with van der Waals surface area (Å²) in [5.41, 5.74) is 0.430. The number of hydrogen-bond acceptors (Lipinski definition) is 4. The second kappa shape index (κ2) is 3.90. The molecule has 2 rings (SSSR count). The Balaban J connectivity index is 2.10. The number of morpholine rings is 1. The quantitative estimate of drug-likeness (QED) is 0.720. The van der Waals surface area contributed by atoms with Crippen LogP contribution >= 0.6 is 0 Å². The first kappa shape index (κ1) is 11.1. The van der Waals surface area contributed by atoms with Crippen molar-refractivity contribution in [3.05, 3.63) is 17.5 Å². The second-order valence-corrected chi connectivity index (χ2v) is 4.67. The van der Waals surface area contributed by atoms with E-state index in [1.807, 2.05) is 13.8 Å². The average molecular weight is 224 g/mol. The molecule has 0 bridgehead atoms. The van der Waals surface area contributed by atoms with Crippen LogP contribution in [0.15, 0.2) is 10.6 Å². The second-order valence-electron chi connectivity index (χ2n) is 4.67. The van der Waals surface area contributed by atoms with Gasteiger partial charge in [-0.2, -0.15) is 0 Å². The molecule has 1 fully saturated rings. The highest BCUT2D eigenvalue weighted by molar-refractivity contribution is 5.91. The maximum atomic E-state index is 12.0. The van der Waals surface area contributed by atoms with Gasteiger partial charge in [0, 0.05) is 19.2 Å². The van der Waals surface area contributed by atoms with E-state index in [0.29, 0.717) is 25.5 Å². The molecule has 16 heavy (non-hydrogen) atoms. The van der Waals surface area contributed by atoms with Crippen molar-refractivity contribution in [2.24, 2.45) is 0 Å². The molecule has 5 heteroatoms. The van der Waals surface area contributed by atoms with Crippen molar-refractivity contribution in [2.45, 2.75) is 26.4 Å². The highest BCUT2D eigenvalue weighted by Crippen LogP contribution is 2.18. The summed E-state index contributed by atoms with van der Waals surface area (Å²) < 4.78 is 10.5. The molecular weight excluding hydrogens is 208 g/mol. The number of aryl methyl sites for hydroxylation is 1. The molecule has 0 atom stereocenters. The molecule has 0 unspecified atom stereocenters. The molecule has 88 valence electrons. The van der Waals surface area contributed by atoms with Crippen LogP contribution in [0, 0.1) is 6.92 Å². The molecule has 0 radical (unpaired) electrons. The number of amides is 1. The van der Waals surface area contributed by atoms with E-state index in [1.54, 1.807) is 17.9 Å².